The summed E-state index contributed by atoms with van der Waals surface area (Å²) < 4.78 is 240. The normalized spacial score (nSPS) is 10.8. The Morgan fingerprint density at radius 1 is 0.255 bits per heavy atom. The number of aryl methyl sites for hydroxylation is 13. The van der Waals surface area contributed by atoms with Crippen LogP contribution in [0.4, 0.5) is 57.1 Å². The first-order chi connectivity index (χ1) is 70.6. The summed E-state index contributed by atoms with van der Waals surface area (Å²) >= 11 is 11.7. The minimum atomic E-state index is -2.72. The minimum absolute atomic E-state index is 0.00254. The molecule has 0 saturated heterocycles. The summed E-state index contributed by atoms with van der Waals surface area (Å²) in [4.78, 5) is 69.2. The van der Waals surface area contributed by atoms with Crippen LogP contribution in [0.3, 0.4) is 0 Å². The van der Waals surface area contributed by atoms with Crippen molar-refractivity contribution in [3.8, 4) is 69.0 Å². The van der Waals surface area contributed by atoms with Gasteiger partial charge in [-0.25, -0.2) is 57.1 Å². The molecule has 12 rings (SSSR count). The molecular weight excluding hydrogens is 2160 g/mol. The summed E-state index contributed by atoms with van der Waals surface area (Å²) in [5, 5.41) is 0.337. The maximum atomic E-state index is 14.1. The van der Waals surface area contributed by atoms with Crippen LogP contribution in [0.15, 0.2) is 193 Å². The second-order valence-electron chi connectivity index (χ2n) is 33.9. The number of alkyl halides is 12. The summed E-state index contributed by atoms with van der Waals surface area (Å²) in [5.74, 6) is -0.583. The van der Waals surface area contributed by atoms with E-state index in [1.165, 1.54) is 60.7 Å². The van der Waals surface area contributed by atoms with Gasteiger partial charge in [-0.05, 0) is 318 Å². The van der Waals surface area contributed by atoms with E-state index in [0.717, 1.165) is 70.3 Å². The number of halogens is 16. The Morgan fingerprint density at radius 2 is 0.483 bits per heavy atom. The predicted octanol–water partition coefficient (Wildman–Crippen LogP) is 33.3. The zero-order valence-electron chi connectivity index (χ0n) is 85.7. The van der Waals surface area contributed by atoms with E-state index in [-0.39, 0.29) is 187 Å². The van der Waals surface area contributed by atoms with E-state index >= 15 is 0 Å². The predicted molar refractivity (Wildman–Crippen MR) is 556 cm³/mol. The lowest BCUT2D eigenvalue weighted by Crippen LogP contribution is -2.10. The summed E-state index contributed by atoms with van der Waals surface area (Å²) in [6.45, 7) is 33.2. The van der Waals surface area contributed by atoms with E-state index < -0.39 is 56.3 Å². The molecule has 0 saturated carbocycles. The number of rotatable bonds is 36. The summed E-state index contributed by atoms with van der Waals surface area (Å²) in [6.07, 6.45) is -14.5. The maximum Gasteiger partial charge on any atom is 0.310 e. The lowest BCUT2D eigenvalue weighted by Gasteiger charge is -2.16. The van der Waals surface area contributed by atoms with Crippen molar-refractivity contribution >= 4 is 85.9 Å². The zero-order valence-corrected chi connectivity index (χ0v) is 90.2. The second-order valence-corrected chi connectivity index (χ2v) is 36.3. The van der Waals surface area contributed by atoms with Gasteiger partial charge in [0.2, 0.25) is 0 Å². The smallest absolute Gasteiger partial charge is 0.310 e. The first-order valence-electron chi connectivity index (χ1n) is 47.2. The van der Waals surface area contributed by atoms with E-state index in [1.54, 1.807) is 205 Å². The Kier molecular flexibility index (Phi) is 49.3. The van der Waals surface area contributed by atoms with Gasteiger partial charge < -0.3 is 56.8 Å². The van der Waals surface area contributed by atoms with Crippen LogP contribution >= 0.6 is 50.1 Å². The van der Waals surface area contributed by atoms with Gasteiger partial charge in [-0.1, -0.05) is 124 Å². The van der Waals surface area contributed by atoms with Crippen LogP contribution in [0.1, 0.15) is 258 Å². The monoisotopic (exact) mass is 2270 g/mol. The Hall–Kier alpha value is -13.2. The minimum Gasteiger partial charge on any atom is -0.488 e. The molecule has 12 aromatic rings. The fraction of sp³-hybridized carbons (Fsp3) is 0.322. The Bertz CT molecular complexity index is 5860. The first kappa shape index (κ1) is 123. The Balaban J connectivity index is 0.000000242. The average molecular weight is 2280 g/mol. The van der Waals surface area contributed by atoms with E-state index in [4.69, 9.17) is 68.4 Å². The quantitative estimate of drug-likeness (QED) is 0.0154. The van der Waals surface area contributed by atoms with Crippen LogP contribution in [0.25, 0.3) is 0 Å². The highest BCUT2D eigenvalue weighted by Gasteiger charge is 2.27. The Morgan fingerprint density at radius 3 is 0.812 bits per heavy atom. The molecule has 0 aliphatic rings. The molecule has 34 heteroatoms. The van der Waals surface area contributed by atoms with Crippen molar-refractivity contribution in [1.82, 2.24) is 0 Å². The largest absolute Gasteiger partial charge is 0.488 e. The van der Waals surface area contributed by atoms with Crippen LogP contribution in [0.5, 0.6) is 69.0 Å². The van der Waals surface area contributed by atoms with Gasteiger partial charge in [0.05, 0.1) is 49.5 Å². The molecule has 149 heavy (non-hydrogen) atoms. The number of benzene rings is 12. The van der Waals surface area contributed by atoms with Crippen molar-refractivity contribution in [1.29, 1.82) is 0 Å². The third kappa shape index (κ3) is 36.9. The van der Waals surface area contributed by atoms with Crippen molar-refractivity contribution in [2.24, 2.45) is 0 Å². The number of carbonyl (C=O) groups is 6. The first-order valence-corrected chi connectivity index (χ1v) is 49.4. The van der Waals surface area contributed by atoms with Crippen molar-refractivity contribution < 1.29 is 143 Å². The number of ether oxygens (including phenoxy) is 12. The summed E-state index contributed by atoms with van der Waals surface area (Å²) in [7, 11) is 0. The van der Waals surface area contributed by atoms with Gasteiger partial charge in [0, 0.05) is 68.8 Å². The van der Waals surface area contributed by atoms with Crippen LogP contribution < -0.4 is 56.8 Å². The molecule has 0 unspecified atom stereocenters. The van der Waals surface area contributed by atoms with Gasteiger partial charge in [-0.3, -0.25) is 28.8 Å². The Labute approximate surface area is 886 Å². The van der Waals surface area contributed by atoms with Crippen LogP contribution in [-0.2, 0) is 68.4 Å². The third-order valence-electron chi connectivity index (χ3n) is 23.1. The topological polar surface area (TPSA) is 213 Å². The van der Waals surface area contributed by atoms with Gasteiger partial charge >= 0.3 is 35.8 Å². The molecule has 12 aromatic carbocycles. The van der Waals surface area contributed by atoms with E-state index in [9.17, 15) is 85.8 Å². The van der Waals surface area contributed by atoms with Crippen molar-refractivity contribution in [2.75, 3.05) is 0 Å². The molecule has 0 N–H and O–H groups in total. The molecule has 798 valence electrons. The molecule has 0 fully saturated rings. The van der Waals surface area contributed by atoms with Gasteiger partial charge in [-0.15, -0.1) is 0 Å². The number of para-hydroxylation sites is 1. The average Bonchev–Trinajstić information content (AvgIpc) is 0.825. The van der Waals surface area contributed by atoms with Gasteiger partial charge in [0.15, 0.2) is 0 Å². The highest BCUT2D eigenvalue weighted by molar-refractivity contribution is 14.1. The molecule has 0 aromatic heterocycles. The summed E-state index contributed by atoms with van der Waals surface area (Å²) in [5.41, 5.74) is 12.6. The highest BCUT2D eigenvalue weighted by Crippen LogP contribution is 2.43. The van der Waals surface area contributed by atoms with Crippen molar-refractivity contribution in [3.63, 3.8) is 0 Å². The maximum absolute atomic E-state index is 14.1. The molecule has 0 aliphatic heterocycles. The molecular formula is C115H118BrClF13IO18. The van der Waals surface area contributed by atoms with Crippen LogP contribution in [0.2, 0.25) is 5.02 Å². The number of carbonyl (C=O) groups excluding carboxylic acids is 6. The molecule has 0 aliphatic carbocycles. The molecule has 0 bridgehead atoms. The standard InChI is InChI=1S/C20H22F2O3.C19H19BrF2O3.C19H19ClF2O3.C19H19F3O3.C19H19F2IO3.C19H20F2O3/c1-5-19(23)25-17-8-6-7-12(2)16(17)11-24-18-10-14(4)13(3)9-15(18)20(21)22;3*1-4-18(23)25-16-7-5-6-15(20)14(16)10-24-17-9-12(3)11(2)8-13(17)19(21)22;1-4-18(23)25-16-7-5-6-15(22)14(16)10-24-17-9-12(3)11(2)8-13(17)19(20)21;1-4-18(22)24-16-8-6-5-7-14(16)11-23-17-10-13(3)12(2)9-15(17)19(20)21/h6-10,20H,5,11H2,1-4H3;4*5-9,19H,4,10H2,1-3H3;5-10,19H,4,11H2,1-3H3. The van der Waals surface area contributed by atoms with E-state index in [0.29, 0.717) is 65.9 Å². The SMILES string of the molecule is CCC(=O)Oc1cccc(Br)c1COc1cc(C)c(C)cc1C(F)F.CCC(=O)Oc1cccc(C)c1COc1cc(C)c(C)cc1C(F)F.CCC(=O)Oc1cccc(Cl)c1COc1cc(C)c(C)cc1C(F)F.CCC(=O)Oc1cccc(F)c1COc1cc(C)c(C)cc1C(F)F.CCC(=O)Oc1cccc(I)c1COc1cc(C)c(C)cc1C(F)F.CCC(=O)Oc1ccccc1COc1cc(C)c(C)cc1C(F)F. The molecule has 0 heterocycles. The second kappa shape index (κ2) is 59.9. The third-order valence-corrected chi connectivity index (χ3v) is 25.2. The van der Waals surface area contributed by atoms with Gasteiger partial charge in [0.1, 0.15) is 114 Å². The van der Waals surface area contributed by atoms with Gasteiger partial charge in [-0.2, -0.15) is 0 Å². The molecule has 0 spiro atoms. The van der Waals surface area contributed by atoms with E-state index in [1.807, 2.05) is 53.7 Å². The molecule has 18 nitrogen and oxygen atoms in total. The lowest BCUT2D eigenvalue weighted by atomic mass is 10.0. The fourth-order valence-corrected chi connectivity index (χ4v) is 14.8. The number of esters is 6. The van der Waals surface area contributed by atoms with Crippen molar-refractivity contribution in [2.45, 2.75) is 248 Å². The molecule has 0 radical (unpaired) electrons. The van der Waals surface area contributed by atoms with Crippen LogP contribution in [-0.4, -0.2) is 35.8 Å². The zero-order chi connectivity index (χ0) is 110. The fourth-order valence-electron chi connectivity index (χ4n) is 13.5. The number of hydrogen-bond acceptors (Lipinski definition) is 18. The molecule has 0 amide bonds. The number of hydrogen-bond donors (Lipinski definition) is 0. The summed E-state index contributed by atoms with van der Waals surface area (Å²) in [6, 6.07) is 49.6. The lowest BCUT2D eigenvalue weighted by molar-refractivity contribution is -0.135. The van der Waals surface area contributed by atoms with E-state index in [2.05, 4.69) is 38.5 Å². The highest BCUT2D eigenvalue weighted by atomic mass is 127. The van der Waals surface area contributed by atoms with Gasteiger partial charge in [0.25, 0.3) is 38.6 Å². The van der Waals surface area contributed by atoms with Crippen LogP contribution in [0, 0.1) is 99.4 Å². The molecule has 0 atom stereocenters. The van der Waals surface area contributed by atoms with Crippen molar-refractivity contribution in [3.05, 3.63) is 346 Å².